The number of nitrogens with one attached hydrogen (secondary N) is 2. The molecule has 6 heteroatoms. The quantitative estimate of drug-likeness (QED) is 0.824. The molecule has 6 nitrogen and oxygen atoms in total. The summed E-state index contributed by atoms with van der Waals surface area (Å²) in [6, 6.07) is 5.21. The van der Waals surface area contributed by atoms with E-state index in [0.29, 0.717) is 11.7 Å². The van der Waals surface area contributed by atoms with E-state index in [4.69, 9.17) is 4.74 Å². The van der Waals surface area contributed by atoms with Gasteiger partial charge in [-0.25, -0.2) is 4.98 Å². The van der Waals surface area contributed by atoms with Gasteiger partial charge in [0.1, 0.15) is 5.82 Å². The number of pyridine rings is 1. The Balaban J connectivity index is 1.93. The first-order chi connectivity index (χ1) is 8.28. The molecule has 0 spiro atoms. The number of aromatic nitrogens is 3. The third kappa shape index (κ3) is 3.04. The average Bonchev–Trinajstić information content (AvgIpc) is 2.82. The molecule has 0 bridgehead atoms. The smallest absolute Gasteiger partial charge is 0.229 e. The van der Waals surface area contributed by atoms with Crippen molar-refractivity contribution in [1.29, 1.82) is 0 Å². The number of carbonyl (C=O) groups is 1. The van der Waals surface area contributed by atoms with Gasteiger partial charge in [-0.05, 0) is 5.56 Å². The summed E-state index contributed by atoms with van der Waals surface area (Å²) in [5, 5.41) is 9.07. The maximum atomic E-state index is 11.6. The fourth-order valence-electron chi connectivity index (χ4n) is 1.34. The van der Waals surface area contributed by atoms with Crippen molar-refractivity contribution < 1.29 is 9.53 Å². The highest BCUT2D eigenvalue weighted by atomic mass is 16.5. The number of methoxy groups -OCH3 is 1. The van der Waals surface area contributed by atoms with Gasteiger partial charge in [-0.15, -0.1) is 0 Å². The van der Waals surface area contributed by atoms with Crippen LogP contribution in [0.3, 0.4) is 0 Å². The Morgan fingerprint density at radius 1 is 1.47 bits per heavy atom. The van der Waals surface area contributed by atoms with Gasteiger partial charge in [0.05, 0.1) is 19.7 Å². The van der Waals surface area contributed by atoms with Gasteiger partial charge in [-0.2, -0.15) is 5.10 Å². The average molecular weight is 232 g/mol. The van der Waals surface area contributed by atoms with Crippen LogP contribution in [-0.2, 0) is 11.2 Å². The van der Waals surface area contributed by atoms with E-state index in [1.54, 1.807) is 37.7 Å². The van der Waals surface area contributed by atoms with Crippen LogP contribution >= 0.6 is 0 Å². The van der Waals surface area contributed by atoms with Gasteiger partial charge in [0.15, 0.2) is 0 Å². The molecule has 2 N–H and O–H groups in total. The summed E-state index contributed by atoms with van der Waals surface area (Å²) in [5.74, 6) is 0.986. The van der Waals surface area contributed by atoms with Crippen LogP contribution in [0.1, 0.15) is 5.56 Å². The molecule has 2 aromatic heterocycles. The van der Waals surface area contributed by atoms with E-state index in [2.05, 4.69) is 20.5 Å². The number of hydrogen-bond donors (Lipinski definition) is 2. The molecule has 0 aromatic carbocycles. The molecule has 0 saturated heterocycles. The van der Waals surface area contributed by atoms with Gasteiger partial charge in [-0.3, -0.25) is 9.89 Å². The van der Waals surface area contributed by atoms with Crippen LogP contribution in [0.4, 0.5) is 5.82 Å². The summed E-state index contributed by atoms with van der Waals surface area (Å²) < 4.78 is 4.93. The molecule has 0 fully saturated rings. The monoisotopic (exact) mass is 232 g/mol. The third-order valence-electron chi connectivity index (χ3n) is 2.15. The van der Waals surface area contributed by atoms with Gasteiger partial charge in [0.25, 0.3) is 0 Å². The summed E-state index contributed by atoms with van der Waals surface area (Å²) in [7, 11) is 1.55. The molecule has 88 valence electrons. The first kappa shape index (κ1) is 11.1. The van der Waals surface area contributed by atoms with Crippen molar-refractivity contribution in [2.24, 2.45) is 0 Å². The predicted octanol–water partition coefficient (Wildman–Crippen LogP) is 0.994. The second-order valence-electron chi connectivity index (χ2n) is 3.40. The van der Waals surface area contributed by atoms with E-state index in [9.17, 15) is 4.79 Å². The summed E-state index contributed by atoms with van der Waals surface area (Å²) in [4.78, 5) is 15.6. The molecular weight excluding hydrogens is 220 g/mol. The molecule has 2 aromatic rings. The van der Waals surface area contributed by atoms with Gasteiger partial charge < -0.3 is 10.1 Å². The number of aromatic amines is 1. The fourth-order valence-corrected chi connectivity index (χ4v) is 1.34. The zero-order valence-electron chi connectivity index (χ0n) is 9.30. The van der Waals surface area contributed by atoms with Crippen LogP contribution in [-0.4, -0.2) is 28.2 Å². The Hall–Kier alpha value is -2.37. The highest BCUT2D eigenvalue weighted by Crippen LogP contribution is 2.08. The zero-order valence-corrected chi connectivity index (χ0v) is 9.30. The molecule has 0 radical (unpaired) electrons. The third-order valence-corrected chi connectivity index (χ3v) is 2.15. The van der Waals surface area contributed by atoms with E-state index in [1.165, 1.54) is 0 Å². The summed E-state index contributed by atoms with van der Waals surface area (Å²) in [6.07, 6.45) is 3.45. The van der Waals surface area contributed by atoms with Crippen LogP contribution in [0, 0.1) is 0 Å². The van der Waals surface area contributed by atoms with Crippen molar-refractivity contribution in [3.05, 3.63) is 36.2 Å². The first-order valence-corrected chi connectivity index (χ1v) is 5.06. The lowest BCUT2D eigenvalue weighted by Gasteiger charge is -2.03. The number of ether oxygens (including phenoxy) is 1. The Bertz CT molecular complexity index is 479. The van der Waals surface area contributed by atoms with Gasteiger partial charge in [0, 0.05) is 18.3 Å². The van der Waals surface area contributed by atoms with Crippen LogP contribution in [0.5, 0.6) is 5.88 Å². The number of hydrogen-bond acceptors (Lipinski definition) is 4. The minimum absolute atomic E-state index is 0.124. The van der Waals surface area contributed by atoms with E-state index in [-0.39, 0.29) is 12.3 Å². The molecule has 2 heterocycles. The van der Waals surface area contributed by atoms with Crippen molar-refractivity contribution in [3.8, 4) is 5.88 Å². The molecule has 0 aliphatic rings. The van der Waals surface area contributed by atoms with Crippen LogP contribution < -0.4 is 10.1 Å². The number of amides is 1. The summed E-state index contributed by atoms with van der Waals surface area (Å²) in [5.41, 5.74) is 0.822. The molecule has 2 rings (SSSR count). The summed E-state index contributed by atoms with van der Waals surface area (Å²) in [6.45, 7) is 0. The highest BCUT2D eigenvalue weighted by molar-refractivity contribution is 5.91. The number of carbonyl (C=O) groups excluding carboxylic acids is 1. The standard InChI is InChI=1S/C11H12N4O2/c1-17-11-3-2-8(7-12-11)6-10(16)14-9-4-5-13-15-9/h2-5,7H,6H2,1H3,(H2,13,14,15,16). The first-order valence-electron chi connectivity index (χ1n) is 5.06. The summed E-state index contributed by atoms with van der Waals surface area (Å²) >= 11 is 0. The normalized spacial score (nSPS) is 9.94. The van der Waals surface area contributed by atoms with E-state index >= 15 is 0 Å². The second-order valence-corrected chi connectivity index (χ2v) is 3.40. The van der Waals surface area contributed by atoms with Gasteiger partial charge in [-0.1, -0.05) is 6.07 Å². The fraction of sp³-hybridized carbons (Fsp3) is 0.182. The van der Waals surface area contributed by atoms with Gasteiger partial charge >= 0.3 is 0 Å². The predicted molar refractivity (Wildman–Crippen MR) is 61.7 cm³/mol. The van der Waals surface area contributed by atoms with E-state index < -0.39 is 0 Å². The molecule has 0 aliphatic carbocycles. The number of anilines is 1. The minimum Gasteiger partial charge on any atom is -0.481 e. The van der Waals surface area contributed by atoms with Crippen molar-refractivity contribution in [1.82, 2.24) is 15.2 Å². The molecule has 0 saturated carbocycles. The zero-order chi connectivity index (χ0) is 12.1. The molecule has 17 heavy (non-hydrogen) atoms. The van der Waals surface area contributed by atoms with Crippen LogP contribution in [0.25, 0.3) is 0 Å². The van der Waals surface area contributed by atoms with Crippen molar-refractivity contribution in [2.75, 3.05) is 12.4 Å². The molecule has 0 atom stereocenters. The van der Waals surface area contributed by atoms with Gasteiger partial charge in [0.2, 0.25) is 11.8 Å². The minimum atomic E-state index is -0.124. The molecule has 0 aliphatic heterocycles. The SMILES string of the molecule is COc1ccc(CC(=O)Nc2ccn[nH]2)cn1. The maximum absolute atomic E-state index is 11.6. The van der Waals surface area contributed by atoms with E-state index in [0.717, 1.165) is 5.56 Å². The van der Waals surface area contributed by atoms with Crippen molar-refractivity contribution >= 4 is 11.7 Å². The maximum Gasteiger partial charge on any atom is 0.229 e. The topological polar surface area (TPSA) is 79.9 Å². The Morgan fingerprint density at radius 2 is 2.35 bits per heavy atom. The molecule has 1 amide bonds. The lowest BCUT2D eigenvalue weighted by Crippen LogP contribution is -2.14. The van der Waals surface area contributed by atoms with Crippen LogP contribution in [0.2, 0.25) is 0 Å². The van der Waals surface area contributed by atoms with Crippen molar-refractivity contribution in [3.63, 3.8) is 0 Å². The lowest BCUT2D eigenvalue weighted by molar-refractivity contribution is -0.115. The highest BCUT2D eigenvalue weighted by Gasteiger charge is 2.05. The molecular formula is C11H12N4O2. The Morgan fingerprint density at radius 3 is 2.94 bits per heavy atom. The van der Waals surface area contributed by atoms with Crippen molar-refractivity contribution in [2.45, 2.75) is 6.42 Å². The number of H-pyrrole nitrogens is 1. The Kier molecular flexibility index (Phi) is 3.34. The largest absolute Gasteiger partial charge is 0.481 e. The lowest BCUT2D eigenvalue weighted by atomic mass is 10.2. The van der Waals surface area contributed by atoms with Crippen LogP contribution in [0.15, 0.2) is 30.6 Å². The second kappa shape index (κ2) is 5.11. The Labute approximate surface area is 98.0 Å². The number of rotatable bonds is 4. The van der Waals surface area contributed by atoms with E-state index in [1.807, 2.05) is 0 Å². The molecule has 0 unspecified atom stereocenters. The number of nitrogens with zero attached hydrogens (tertiary/aromatic N) is 2.